The van der Waals surface area contributed by atoms with Gasteiger partial charge >= 0.3 is 0 Å². The summed E-state index contributed by atoms with van der Waals surface area (Å²) in [5.74, 6) is 1.11. The first-order valence-corrected chi connectivity index (χ1v) is 11.1. The standard InChI is InChI=1S/C25H26N6O2/c1-19-9-11-21(12-10-19)23(24-26-27-28-31(24)18-20-6-3-2-4-7-20)29-13-15-30(16-14-29)25(32)22-8-5-17-33-22/h2-12,17,23H,13-16,18H2,1H3. The van der Waals surface area contributed by atoms with Crippen molar-refractivity contribution in [3.05, 3.63) is 101 Å². The van der Waals surface area contributed by atoms with Gasteiger partial charge in [0.15, 0.2) is 11.6 Å². The number of carbonyl (C=O) groups excluding carboxylic acids is 1. The van der Waals surface area contributed by atoms with E-state index in [0.717, 1.165) is 17.0 Å². The van der Waals surface area contributed by atoms with Gasteiger partial charge in [-0.3, -0.25) is 9.69 Å². The molecule has 33 heavy (non-hydrogen) atoms. The number of benzene rings is 2. The average Bonchev–Trinajstić information content (AvgIpc) is 3.54. The first-order chi connectivity index (χ1) is 16.2. The van der Waals surface area contributed by atoms with Gasteiger partial charge in [-0.1, -0.05) is 60.2 Å². The highest BCUT2D eigenvalue weighted by molar-refractivity contribution is 5.91. The molecule has 4 aromatic rings. The second-order valence-corrected chi connectivity index (χ2v) is 8.30. The normalized spacial score (nSPS) is 15.5. The van der Waals surface area contributed by atoms with Crippen LogP contribution in [0.25, 0.3) is 0 Å². The molecule has 0 radical (unpaired) electrons. The maximum absolute atomic E-state index is 12.7. The van der Waals surface area contributed by atoms with Gasteiger partial charge in [0, 0.05) is 26.2 Å². The van der Waals surface area contributed by atoms with Crippen LogP contribution in [0.1, 0.15) is 39.1 Å². The molecule has 0 saturated carbocycles. The van der Waals surface area contributed by atoms with Crippen molar-refractivity contribution in [3.63, 3.8) is 0 Å². The Labute approximate surface area is 192 Å². The fourth-order valence-corrected chi connectivity index (χ4v) is 4.29. The summed E-state index contributed by atoms with van der Waals surface area (Å²) >= 11 is 0. The number of aryl methyl sites for hydroxylation is 1. The molecule has 168 valence electrons. The minimum absolute atomic E-state index is 0.0690. The zero-order valence-corrected chi connectivity index (χ0v) is 18.5. The van der Waals surface area contributed by atoms with Crippen LogP contribution in [-0.2, 0) is 6.54 Å². The Morgan fingerprint density at radius 1 is 0.970 bits per heavy atom. The van der Waals surface area contributed by atoms with E-state index in [1.807, 2.05) is 27.8 Å². The van der Waals surface area contributed by atoms with Crippen molar-refractivity contribution in [1.82, 2.24) is 30.0 Å². The molecule has 3 heterocycles. The van der Waals surface area contributed by atoms with E-state index in [-0.39, 0.29) is 11.9 Å². The summed E-state index contributed by atoms with van der Waals surface area (Å²) in [6, 6.07) is 22.0. The third-order valence-electron chi connectivity index (χ3n) is 6.07. The molecule has 0 N–H and O–H groups in total. The Kier molecular flexibility index (Phi) is 5.99. The van der Waals surface area contributed by atoms with E-state index in [9.17, 15) is 4.79 Å². The molecule has 1 fully saturated rings. The number of rotatable bonds is 6. The Hall–Kier alpha value is -3.78. The molecule has 0 aliphatic carbocycles. The molecule has 1 saturated heterocycles. The summed E-state index contributed by atoms with van der Waals surface area (Å²) in [5.41, 5.74) is 3.48. The first kappa shape index (κ1) is 21.1. The number of tetrazole rings is 1. The lowest BCUT2D eigenvalue weighted by Gasteiger charge is -2.38. The van der Waals surface area contributed by atoms with E-state index in [1.54, 1.807) is 12.1 Å². The molecule has 8 heteroatoms. The van der Waals surface area contributed by atoms with E-state index in [4.69, 9.17) is 4.42 Å². The quantitative estimate of drug-likeness (QED) is 0.456. The Morgan fingerprint density at radius 3 is 2.42 bits per heavy atom. The molecule has 2 aromatic heterocycles. The molecule has 0 bridgehead atoms. The topological polar surface area (TPSA) is 80.3 Å². The van der Waals surface area contributed by atoms with Gasteiger partial charge in [-0.25, -0.2) is 4.68 Å². The first-order valence-electron chi connectivity index (χ1n) is 11.1. The summed E-state index contributed by atoms with van der Waals surface area (Å²) in [4.78, 5) is 16.9. The molecule has 1 amide bonds. The minimum Gasteiger partial charge on any atom is -0.459 e. The van der Waals surface area contributed by atoms with Gasteiger partial charge < -0.3 is 9.32 Å². The van der Waals surface area contributed by atoms with Gasteiger partial charge in [-0.15, -0.1) is 5.10 Å². The van der Waals surface area contributed by atoms with Crippen LogP contribution in [-0.4, -0.2) is 62.1 Å². The van der Waals surface area contributed by atoms with Crippen LogP contribution in [0.15, 0.2) is 77.4 Å². The van der Waals surface area contributed by atoms with Gasteiger partial charge in [0.1, 0.15) is 0 Å². The predicted molar refractivity (Wildman–Crippen MR) is 123 cm³/mol. The number of piperazine rings is 1. The van der Waals surface area contributed by atoms with Crippen LogP contribution in [0.3, 0.4) is 0 Å². The van der Waals surface area contributed by atoms with E-state index in [0.29, 0.717) is 38.5 Å². The van der Waals surface area contributed by atoms with Gasteiger partial charge in [0.2, 0.25) is 0 Å². The van der Waals surface area contributed by atoms with E-state index >= 15 is 0 Å². The number of aromatic nitrogens is 4. The van der Waals surface area contributed by atoms with E-state index in [2.05, 4.69) is 63.7 Å². The SMILES string of the molecule is Cc1ccc(C(c2nnnn2Cc2ccccc2)N2CCN(C(=O)c3ccco3)CC2)cc1. The van der Waals surface area contributed by atoms with Gasteiger partial charge in [0.25, 0.3) is 5.91 Å². The van der Waals surface area contributed by atoms with Crippen molar-refractivity contribution < 1.29 is 9.21 Å². The zero-order valence-electron chi connectivity index (χ0n) is 18.5. The van der Waals surface area contributed by atoms with Crippen LogP contribution in [0.2, 0.25) is 0 Å². The number of nitrogens with zero attached hydrogens (tertiary/aromatic N) is 6. The highest BCUT2D eigenvalue weighted by atomic mass is 16.3. The molecule has 8 nitrogen and oxygen atoms in total. The lowest BCUT2D eigenvalue weighted by molar-refractivity contribution is 0.0559. The zero-order chi connectivity index (χ0) is 22.6. The van der Waals surface area contributed by atoms with E-state index < -0.39 is 0 Å². The second kappa shape index (κ2) is 9.38. The third kappa shape index (κ3) is 4.56. The Morgan fingerprint density at radius 2 is 1.73 bits per heavy atom. The highest BCUT2D eigenvalue weighted by Gasteiger charge is 2.32. The van der Waals surface area contributed by atoms with Crippen LogP contribution < -0.4 is 0 Å². The lowest BCUT2D eigenvalue weighted by Crippen LogP contribution is -2.50. The van der Waals surface area contributed by atoms with Crippen molar-refractivity contribution in [2.24, 2.45) is 0 Å². The second-order valence-electron chi connectivity index (χ2n) is 8.30. The minimum atomic E-state index is -0.106. The number of hydrogen-bond acceptors (Lipinski definition) is 6. The van der Waals surface area contributed by atoms with E-state index in [1.165, 1.54) is 11.8 Å². The van der Waals surface area contributed by atoms with Crippen molar-refractivity contribution >= 4 is 5.91 Å². The molecule has 1 aliphatic rings. The Bertz CT molecular complexity index is 1180. The molecule has 1 unspecified atom stereocenters. The summed E-state index contributed by atoms with van der Waals surface area (Å²) in [6.07, 6.45) is 1.53. The summed E-state index contributed by atoms with van der Waals surface area (Å²) < 4.78 is 7.18. The van der Waals surface area contributed by atoms with Crippen molar-refractivity contribution in [2.75, 3.05) is 26.2 Å². The molecule has 1 aliphatic heterocycles. The number of amides is 1. The molecular weight excluding hydrogens is 416 g/mol. The average molecular weight is 443 g/mol. The van der Waals surface area contributed by atoms with Crippen molar-refractivity contribution in [2.45, 2.75) is 19.5 Å². The fraction of sp³-hybridized carbons (Fsp3) is 0.280. The third-order valence-corrected chi connectivity index (χ3v) is 6.07. The number of furan rings is 1. The predicted octanol–water partition coefficient (Wildman–Crippen LogP) is 3.17. The highest BCUT2D eigenvalue weighted by Crippen LogP contribution is 2.29. The molecular formula is C25H26N6O2. The van der Waals surface area contributed by atoms with Gasteiger partial charge in [-0.2, -0.15) is 0 Å². The van der Waals surface area contributed by atoms with Crippen LogP contribution in [0.4, 0.5) is 0 Å². The molecule has 1 atom stereocenters. The Balaban J connectivity index is 1.41. The summed E-state index contributed by atoms with van der Waals surface area (Å²) in [6.45, 7) is 5.33. The van der Waals surface area contributed by atoms with Crippen molar-refractivity contribution in [1.29, 1.82) is 0 Å². The maximum Gasteiger partial charge on any atom is 0.289 e. The number of carbonyl (C=O) groups is 1. The smallest absolute Gasteiger partial charge is 0.289 e. The van der Waals surface area contributed by atoms with Gasteiger partial charge in [0.05, 0.1) is 18.8 Å². The van der Waals surface area contributed by atoms with Crippen molar-refractivity contribution in [3.8, 4) is 0 Å². The van der Waals surface area contributed by atoms with Gasteiger partial charge in [-0.05, 0) is 40.6 Å². The maximum atomic E-state index is 12.7. The fourth-order valence-electron chi connectivity index (χ4n) is 4.29. The van der Waals surface area contributed by atoms with Crippen LogP contribution in [0, 0.1) is 6.92 Å². The van der Waals surface area contributed by atoms with Crippen LogP contribution in [0.5, 0.6) is 0 Å². The largest absolute Gasteiger partial charge is 0.459 e. The summed E-state index contributed by atoms with van der Waals surface area (Å²) in [5, 5.41) is 12.8. The summed E-state index contributed by atoms with van der Waals surface area (Å²) in [7, 11) is 0. The molecule has 5 rings (SSSR count). The molecule has 0 spiro atoms. The van der Waals surface area contributed by atoms with Crippen LogP contribution >= 0.6 is 0 Å². The number of hydrogen-bond donors (Lipinski definition) is 0. The molecule has 2 aromatic carbocycles. The monoisotopic (exact) mass is 442 g/mol. The lowest BCUT2D eigenvalue weighted by atomic mass is 10.0.